The Labute approximate surface area is 123 Å². The molecule has 0 saturated heterocycles. The Bertz CT molecular complexity index is 768. The highest BCUT2D eigenvalue weighted by molar-refractivity contribution is 5.71. The predicted molar refractivity (Wildman–Crippen MR) is 82.7 cm³/mol. The van der Waals surface area contributed by atoms with Gasteiger partial charge in [0, 0.05) is 25.7 Å². The van der Waals surface area contributed by atoms with Gasteiger partial charge >= 0.3 is 5.69 Å². The van der Waals surface area contributed by atoms with Crippen molar-refractivity contribution in [3.63, 3.8) is 0 Å². The average molecular weight is 293 g/mol. The van der Waals surface area contributed by atoms with Crippen molar-refractivity contribution in [3.8, 4) is 0 Å². The van der Waals surface area contributed by atoms with Crippen LogP contribution in [0.5, 0.6) is 0 Å². The van der Waals surface area contributed by atoms with Crippen LogP contribution in [0, 0.1) is 6.92 Å². The lowest BCUT2D eigenvalue weighted by Crippen LogP contribution is -2.42. The summed E-state index contributed by atoms with van der Waals surface area (Å²) in [5.41, 5.74) is 5.89. The molecule has 0 amide bonds. The number of rotatable bonds is 5. The largest absolute Gasteiger partial charge is 0.333 e. The quantitative estimate of drug-likeness (QED) is 0.875. The molecule has 0 radical (unpaired) electrons. The van der Waals surface area contributed by atoms with Gasteiger partial charge in [-0.15, -0.1) is 0 Å². The predicted octanol–water partition coefficient (Wildman–Crippen LogP) is 0.618. The zero-order valence-corrected chi connectivity index (χ0v) is 13.1. The van der Waals surface area contributed by atoms with Crippen LogP contribution in [-0.2, 0) is 13.1 Å². The summed E-state index contributed by atoms with van der Waals surface area (Å²) in [5, 5.41) is 0. The van der Waals surface area contributed by atoms with E-state index >= 15 is 0 Å². The lowest BCUT2D eigenvalue weighted by Gasteiger charge is -2.16. The van der Waals surface area contributed by atoms with Gasteiger partial charge in [0.1, 0.15) is 5.82 Å². The lowest BCUT2D eigenvalue weighted by molar-refractivity contribution is 0.484. The molecule has 2 aromatic rings. The first-order chi connectivity index (χ1) is 9.97. The zero-order valence-electron chi connectivity index (χ0n) is 13.1. The van der Waals surface area contributed by atoms with Crippen LogP contribution in [0.25, 0.3) is 11.2 Å². The summed E-state index contributed by atoms with van der Waals surface area (Å²) in [6.45, 7) is 8.88. The molecule has 1 atom stereocenters. The van der Waals surface area contributed by atoms with E-state index in [-0.39, 0.29) is 30.4 Å². The third-order valence-corrected chi connectivity index (χ3v) is 3.95. The van der Waals surface area contributed by atoms with Crippen molar-refractivity contribution in [2.75, 3.05) is 6.54 Å². The van der Waals surface area contributed by atoms with Gasteiger partial charge in [-0.3, -0.25) is 13.9 Å². The molecule has 0 aromatic carbocycles. The monoisotopic (exact) mass is 293 g/mol. The van der Waals surface area contributed by atoms with E-state index in [1.807, 2.05) is 32.3 Å². The molecule has 2 heterocycles. The average Bonchev–Trinajstić information content (AvgIpc) is 2.79. The number of aromatic nitrogens is 4. The van der Waals surface area contributed by atoms with Gasteiger partial charge in [-0.2, -0.15) is 0 Å². The Morgan fingerprint density at radius 3 is 2.43 bits per heavy atom. The van der Waals surface area contributed by atoms with Crippen molar-refractivity contribution < 1.29 is 0 Å². The molecule has 0 saturated carbocycles. The second-order valence-electron chi connectivity index (χ2n) is 5.23. The maximum Gasteiger partial charge on any atom is 0.333 e. The van der Waals surface area contributed by atoms with Gasteiger partial charge in [0.2, 0.25) is 0 Å². The van der Waals surface area contributed by atoms with E-state index in [0.717, 1.165) is 12.2 Å². The van der Waals surface area contributed by atoms with Gasteiger partial charge < -0.3 is 10.3 Å². The third kappa shape index (κ3) is 2.31. The van der Waals surface area contributed by atoms with Crippen LogP contribution in [0.15, 0.2) is 9.59 Å². The van der Waals surface area contributed by atoms with Crippen molar-refractivity contribution in [1.82, 2.24) is 18.7 Å². The summed E-state index contributed by atoms with van der Waals surface area (Å²) in [6, 6.07) is -0.0239. The zero-order chi connectivity index (χ0) is 15.7. The molecule has 0 aliphatic rings. The second-order valence-corrected chi connectivity index (χ2v) is 5.23. The first-order valence-corrected chi connectivity index (χ1v) is 7.40. The van der Waals surface area contributed by atoms with E-state index in [4.69, 9.17) is 5.73 Å². The molecule has 7 nitrogen and oxygen atoms in total. The molecule has 0 aliphatic carbocycles. The second kappa shape index (κ2) is 5.85. The summed E-state index contributed by atoms with van der Waals surface area (Å²) in [7, 11) is 0. The fraction of sp³-hybridized carbons (Fsp3) is 0.643. The van der Waals surface area contributed by atoms with Crippen LogP contribution < -0.4 is 17.0 Å². The molecule has 1 unspecified atom stereocenters. The lowest BCUT2D eigenvalue weighted by atomic mass is 10.2. The molecule has 7 heteroatoms. The highest BCUT2D eigenvalue weighted by atomic mass is 16.2. The number of imidazole rings is 1. The third-order valence-electron chi connectivity index (χ3n) is 3.95. The first kappa shape index (κ1) is 15.5. The van der Waals surface area contributed by atoms with Crippen LogP contribution in [0.3, 0.4) is 0 Å². The van der Waals surface area contributed by atoms with Crippen molar-refractivity contribution >= 4 is 11.2 Å². The van der Waals surface area contributed by atoms with Crippen LogP contribution in [0.2, 0.25) is 0 Å². The minimum Gasteiger partial charge on any atom is -0.329 e. The molecular weight excluding hydrogens is 270 g/mol. The Hall–Kier alpha value is -1.89. The molecule has 2 N–H and O–H groups in total. The fourth-order valence-electron chi connectivity index (χ4n) is 2.66. The van der Waals surface area contributed by atoms with Crippen molar-refractivity contribution in [2.45, 2.75) is 53.2 Å². The molecule has 116 valence electrons. The van der Waals surface area contributed by atoms with Crippen molar-refractivity contribution in [1.29, 1.82) is 0 Å². The van der Waals surface area contributed by atoms with E-state index < -0.39 is 0 Å². The molecule has 2 rings (SSSR count). The summed E-state index contributed by atoms with van der Waals surface area (Å²) in [4.78, 5) is 29.7. The normalized spacial score (nSPS) is 13.0. The minimum absolute atomic E-state index is 0.0239. The standard InChI is InChI=1S/C14H23N5O2/c1-5-9(3)19-12-11(17(6-2)10(4)16-12)13(20)18(8-7-15)14(19)21/h9H,5-8,15H2,1-4H3. The van der Waals surface area contributed by atoms with E-state index in [9.17, 15) is 9.59 Å². The summed E-state index contributed by atoms with van der Waals surface area (Å²) >= 11 is 0. The van der Waals surface area contributed by atoms with Gasteiger partial charge in [0.05, 0.1) is 0 Å². The Kier molecular flexibility index (Phi) is 4.32. The van der Waals surface area contributed by atoms with Crippen molar-refractivity contribution in [2.24, 2.45) is 5.73 Å². The topological polar surface area (TPSA) is 87.8 Å². The molecular formula is C14H23N5O2. The highest BCUT2D eigenvalue weighted by Gasteiger charge is 2.21. The van der Waals surface area contributed by atoms with Gasteiger partial charge in [0.25, 0.3) is 5.56 Å². The first-order valence-electron chi connectivity index (χ1n) is 7.40. The van der Waals surface area contributed by atoms with E-state index in [0.29, 0.717) is 17.7 Å². The van der Waals surface area contributed by atoms with E-state index in [1.165, 1.54) is 4.57 Å². The van der Waals surface area contributed by atoms with Gasteiger partial charge in [-0.1, -0.05) is 6.92 Å². The smallest absolute Gasteiger partial charge is 0.329 e. The van der Waals surface area contributed by atoms with Crippen molar-refractivity contribution in [3.05, 3.63) is 26.7 Å². The Morgan fingerprint density at radius 2 is 1.90 bits per heavy atom. The molecule has 2 aromatic heterocycles. The number of aryl methyl sites for hydroxylation is 2. The SMILES string of the molecule is CCC(C)n1c(=O)n(CCN)c(=O)c2c1nc(C)n2CC. The summed E-state index contributed by atoms with van der Waals surface area (Å²) in [6.07, 6.45) is 0.786. The van der Waals surface area contributed by atoms with Crippen LogP contribution in [-0.4, -0.2) is 25.2 Å². The maximum atomic E-state index is 12.6. The number of nitrogens with two attached hydrogens (primary N) is 1. The molecule has 0 fully saturated rings. The van der Waals surface area contributed by atoms with Gasteiger partial charge in [0.15, 0.2) is 11.2 Å². The molecule has 0 spiro atoms. The minimum atomic E-state index is -0.326. The maximum absolute atomic E-state index is 12.6. The number of fused-ring (bicyclic) bond motifs is 1. The van der Waals surface area contributed by atoms with Crippen LogP contribution in [0.4, 0.5) is 0 Å². The van der Waals surface area contributed by atoms with E-state index in [1.54, 1.807) is 4.57 Å². The molecule has 21 heavy (non-hydrogen) atoms. The summed E-state index contributed by atoms with van der Waals surface area (Å²) < 4.78 is 4.69. The summed E-state index contributed by atoms with van der Waals surface area (Å²) in [5.74, 6) is 0.742. The fourth-order valence-corrected chi connectivity index (χ4v) is 2.66. The van der Waals surface area contributed by atoms with E-state index in [2.05, 4.69) is 4.98 Å². The highest BCUT2D eigenvalue weighted by Crippen LogP contribution is 2.16. The molecule has 0 bridgehead atoms. The molecule has 0 aliphatic heterocycles. The van der Waals surface area contributed by atoms with Gasteiger partial charge in [-0.05, 0) is 27.2 Å². The van der Waals surface area contributed by atoms with Crippen LogP contribution in [0.1, 0.15) is 39.1 Å². The Balaban J connectivity index is 3.01. The number of hydrogen-bond acceptors (Lipinski definition) is 4. The number of nitrogens with zero attached hydrogens (tertiary/aromatic N) is 4. The number of hydrogen-bond donors (Lipinski definition) is 1. The van der Waals surface area contributed by atoms with Crippen LogP contribution >= 0.6 is 0 Å². The Morgan fingerprint density at radius 1 is 1.24 bits per heavy atom. The van der Waals surface area contributed by atoms with Gasteiger partial charge in [-0.25, -0.2) is 9.78 Å².